The number of aryl methyl sites for hydroxylation is 1. The SMILES string of the molecule is CCCCc1nc2ccccc2n1CC(=O)N1Cc2ccccc2C[C@H]1C(N)=O. The normalized spacial score (nSPS) is 16.0. The van der Waals surface area contributed by atoms with Crippen LogP contribution in [0.2, 0.25) is 0 Å². The highest BCUT2D eigenvalue weighted by Gasteiger charge is 2.33. The van der Waals surface area contributed by atoms with Crippen molar-refractivity contribution in [1.82, 2.24) is 14.5 Å². The Morgan fingerprint density at radius 2 is 1.83 bits per heavy atom. The summed E-state index contributed by atoms with van der Waals surface area (Å²) in [5.41, 5.74) is 9.65. The van der Waals surface area contributed by atoms with Crippen LogP contribution in [-0.4, -0.2) is 32.3 Å². The number of para-hydroxylation sites is 2. The van der Waals surface area contributed by atoms with E-state index in [1.165, 1.54) is 0 Å². The van der Waals surface area contributed by atoms with Crippen molar-refractivity contribution in [2.75, 3.05) is 0 Å². The number of fused-ring (bicyclic) bond motifs is 2. The maximum atomic E-state index is 13.3. The molecule has 0 fully saturated rings. The quantitative estimate of drug-likeness (QED) is 0.703. The molecule has 29 heavy (non-hydrogen) atoms. The van der Waals surface area contributed by atoms with Crippen molar-refractivity contribution in [2.24, 2.45) is 5.73 Å². The van der Waals surface area contributed by atoms with E-state index in [2.05, 4.69) is 6.92 Å². The minimum atomic E-state index is -0.619. The molecule has 0 bridgehead atoms. The third-order valence-corrected chi connectivity index (χ3v) is 5.68. The summed E-state index contributed by atoms with van der Waals surface area (Å²) in [5.74, 6) is 0.341. The topological polar surface area (TPSA) is 81.2 Å². The Hall–Kier alpha value is -3.15. The zero-order valence-electron chi connectivity index (χ0n) is 16.7. The van der Waals surface area contributed by atoms with Gasteiger partial charge in [-0.15, -0.1) is 0 Å². The molecule has 1 atom stereocenters. The maximum Gasteiger partial charge on any atom is 0.243 e. The molecular weight excluding hydrogens is 364 g/mol. The third-order valence-electron chi connectivity index (χ3n) is 5.68. The molecule has 3 aromatic rings. The molecule has 6 nitrogen and oxygen atoms in total. The van der Waals surface area contributed by atoms with E-state index in [9.17, 15) is 9.59 Å². The summed E-state index contributed by atoms with van der Waals surface area (Å²) in [6, 6.07) is 15.2. The summed E-state index contributed by atoms with van der Waals surface area (Å²) in [4.78, 5) is 31.8. The maximum absolute atomic E-state index is 13.3. The Morgan fingerprint density at radius 1 is 1.10 bits per heavy atom. The van der Waals surface area contributed by atoms with Gasteiger partial charge in [-0.25, -0.2) is 4.98 Å². The number of hydrogen-bond acceptors (Lipinski definition) is 3. The minimum Gasteiger partial charge on any atom is -0.368 e. The first kappa shape index (κ1) is 19.2. The van der Waals surface area contributed by atoms with Crippen LogP contribution in [0.15, 0.2) is 48.5 Å². The van der Waals surface area contributed by atoms with Crippen molar-refractivity contribution in [1.29, 1.82) is 0 Å². The third kappa shape index (κ3) is 3.75. The number of primary amides is 1. The summed E-state index contributed by atoms with van der Waals surface area (Å²) in [7, 11) is 0. The van der Waals surface area contributed by atoms with Gasteiger partial charge in [0.05, 0.1) is 11.0 Å². The van der Waals surface area contributed by atoms with Crippen LogP contribution in [0, 0.1) is 0 Å². The first-order chi connectivity index (χ1) is 14.1. The average molecular weight is 390 g/mol. The molecule has 0 spiro atoms. The Balaban J connectivity index is 1.65. The van der Waals surface area contributed by atoms with Crippen LogP contribution in [-0.2, 0) is 35.5 Å². The number of nitrogens with zero attached hydrogens (tertiary/aromatic N) is 3. The molecular formula is C23H26N4O2. The van der Waals surface area contributed by atoms with Crippen LogP contribution in [0.3, 0.4) is 0 Å². The number of carbonyl (C=O) groups is 2. The first-order valence-electron chi connectivity index (χ1n) is 10.2. The molecule has 0 saturated heterocycles. The second-order valence-electron chi connectivity index (χ2n) is 7.62. The lowest BCUT2D eigenvalue weighted by molar-refractivity contribution is -0.141. The van der Waals surface area contributed by atoms with Gasteiger partial charge >= 0.3 is 0 Å². The van der Waals surface area contributed by atoms with Crippen molar-refractivity contribution in [3.8, 4) is 0 Å². The van der Waals surface area contributed by atoms with Gasteiger partial charge in [-0.2, -0.15) is 0 Å². The molecule has 1 aliphatic rings. The van der Waals surface area contributed by atoms with Crippen LogP contribution < -0.4 is 5.73 Å². The largest absolute Gasteiger partial charge is 0.368 e. The lowest BCUT2D eigenvalue weighted by Crippen LogP contribution is -2.52. The molecule has 6 heteroatoms. The number of rotatable bonds is 6. The van der Waals surface area contributed by atoms with Gasteiger partial charge < -0.3 is 15.2 Å². The monoisotopic (exact) mass is 390 g/mol. The van der Waals surface area contributed by atoms with Crippen molar-refractivity contribution in [3.05, 3.63) is 65.5 Å². The molecule has 2 N–H and O–H groups in total. The zero-order valence-corrected chi connectivity index (χ0v) is 16.7. The number of unbranched alkanes of at least 4 members (excludes halogenated alkanes) is 1. The molecule has 0 radical (unpaired) electrons. The van der Waals surface area contributed by atoms with Gasteiger partial charge in [0, 0.05) is 19.4 Å². The highest BCUT2D eigenvalue weighted by atomic mass is 16.2. The van der Waals surface area contributed by atoms with Crippen LogP contribution in [0.5, 0.6) is 0 Å². The number of aromatic nitrogens is 2. The standard InChI is InChI=1S/C23H26N4O2/c1-2-3-12-21-25-18-10-6-7-11-19(18)26(21)15-22(28)27-14-17-9-5-4-8-16(17)13-20(27)23(24)29/h4-11,20H,2-3,12-15H2,1H3,(H2,24,29)/t20-/m0/s1. The Bertz CT molecular complexity index is 1060. The van der Waals surface area contributed by atoms with E-state index in [4.69, 9.17) is 10.7 Å². The number of carbonyl (C=O) groups excluding carboxylic acids is 2. The molecule has 1 aliphatic heterocycles. The highest BCUT2D eigenvalue weighted by molar-refractivity contribution is 5.88. The van der Waals surface area contributed by atoms with Crippen LogP contribution in [0.1, 0.15) is 36.7 Å². The van der Waals surface area contributed by atoms with Gasteiger partial charge in [0.2, 0.25) is 11.8 Å². The van der Waals surface area contributed by atoms with E-state index in [1.54, 1.807) is 4.90 Å². The highest BCUT2D eigenvalue weighted by Crippen LogP contribution is 2.25. The number of benzene rings is 2. The summed E-state index contributed by atoms with van der Waals surface area (Å²) in [6.45, 7) is 2.70. The fraction of sp³-hybridized carbons (Fsp3) is 0.348. The van der Waals surface area contributed by atoms with Gasteiger partial charge in [-0.05, 0) is 29.7 Å². The van der Waals surface area contributed by atoms with Crippen molar-refractivity contribution < 1.29 is 9.59 Å². The average Bonchev–Trinajstić information content (AvgIpc) is 3.08. The van der Waals surface area contributed by atoms with Crippen molar-refractivity contribution >= 4 is 22.8 Å². The van der Waals surface area contributed by atoms with Gasteiger partial charge in [0.15, 0.2) is 0 Å². The summed E-state index contributed by atoms with van der Waals surface area (Å²) >= 11 is 0. The predicted molar refractivity (Wildman–Crippen MR) is 112 cm³/mol. The second kappa shape index (κ2) is 8.07. The van der Waals surface area contributed by atoms with Gasteiger partial charge in [0.1, 0.15) is 18.4 Å². The summed E-state index contributed by atoms with van der Waals surface area (Å²) < 4.78 is 1.99. The number of imidazole rings is 1. The summed E-state index contributed by atoms with van der Waals surface area (Å²) in [6.07, 6.45) is 3.35. The van der Waals surface area contributed by atoms with Crippen LogP contribution >= 0.6 is 0 Å². The first-order valence-corrected chi connectivity index (χ1v) is 10.2. The zero-order chi connectivity index (χ0) is 20.4. The van der Waals surface area contributed by atoms with E-state index in [1.807, 2.05) is 53.1 Å². The van der Waals surface area contributed by atoms with E-state index in [0.29, 0.717) is 13.0 Å². The molecule has 2 aromatic carbocycles. The van der Waals surface area contributed by atoms with E-state index in [-0.39, 0.29) is 12.5 Å². The van der Waals surface area contributed by atoms with Crippen molar-refractivity contribution in [2.45, 2.75) is 51.7 Å². The lowest BCUT2D eigenvalue weighted by Gasteiger charge is -2.35. The molecule has 0 unspecified atom stereocenters. The van der Waals surface area contributed by atoms with Gasteiger partial charge in [-0.3, -0.25) is 9.59 Å². The molecule has 0 aliphatic carbocycles. The molecule has 2 heterocycles. The fourth-order valence-electron chi connectivity index (χ4n) is 4.09. The van der Waals surface area contributed by atoms with Crippen LogP contribution in [0.4, 0.5) is 0 Å². The van der Waals surface area contributed by atoms with Gasteiger partial charge in [0.25, 0.3) is 0 Å². The predicted octanol–water partition coefficient (Wildman–Crippen LogP) is 2.82. The molecule has 4 rings (SSSR count). The molecule has 1 aromatic heterocycles. The summed E-state index contributed by atoms with van der Waals surface area (Å²) in [5, 5.41) is 0. The second-order valence-corrected chi connectivity index (χ2v) is 7.62. The Kier molecular flexibility index (Phi) is 5.34. The van der Waals surface area contributed by atoms with Gasteiger partial charge in [-0.1, -0.05) is 49.7 Å². The minimum absolute atomic E-state index is 0.107. The van der Waals surface area contributed by atoms with E-state index in [0.717, 1.165) is 47.2 Å². The van der Waals surface area contributed by atoms with Crippen molar-refractivity contribution in [3.63, 3.8) is 0 Å². The van der Waals surface area contributed by atoms with Crippen LogP contribution in [0.25, 0.3) is 11.0 Å². The fourth-order valence-corrected chi connectivity index (χ4v) is 4.09. The smallest absolute Gasteiger partial charge is 0.243 e. The molecule has 150 valence electrons. The Labute approximate surface area is 170 Å². The molecule has 2 amide bonds. The Morgan fingerprint density at radius 3 is 2.59 bits per heavy atom. The number of nitrogens with two attached hydrogens (primary N) is 1. The number of amides is 2. The molecule has 0 saturated carbocycles. The number of hydrogen-bond donors (Lipinski definition) is 1. The van der Waals surface area contributed by atoms with E-state index >= 15 is 0 Å². The van der Waals surface area contributed by atoms with E-state index < -0.39 is 11.9 Å². The lowest BCUT2D eigenvalue weighted by atomic mass is 9.93.